The van der Waals surface area contributed by atoms with Gasteiger partial charge in [0.05, 0.1) is 12.2 Å². The minimum absolute atomic E-state index is 0.0218. The number of amides is 2. The van der Waals surface area contributed by atoms with Gasteiger partial charge in [-0.1, -0.05) is 24.0 Å². The van der Waals surface area contributed by atoms with E-state index in [0.29, 0.717) is 24.2 Å². The van der Waals surface area contributed by atoms with Crippen LogP contribution in [-0.2, 0) is 9.59 Å². The molecular weight excluding hydrogens is 256 g/mol. The number of rotatable bonds is 3. The average Bonchev–Trinajstić information content (AvgIpc) is 2.83. The van der Waals surface area contributed by atoms with Crippen molar-refractivity contribution in [3.8, 4) is 11.8 Å². The van der Waals surface area contributed by atoms with Gasteiger partial charge < -0.3 is 15.3 Å². The van der Waals surface area contributed by atoms with Crippen LogP contribution in [0.3, 0.4) is 0 Å². The first-order chi connectivity index (χ1) is 9.70. The van der Waals surface area contributed by atoms with E-state index < -0.39 is 0 Å². The Bertz CT molecular complexity index is 572. The van der Waals surface area contributed by atoms with Crippen molar-refractivity contribution in [3.05, 3.63) is 29.8 Å². The molecular formula is C15H16N2O3. The second kappa shape index (κ2) is 6.73. The van der Waals surface area contributed by atoms with Gasteiger partial charge in [0.1, 0.15) is 6.61 Å². The molecule has 0 spiro atoms. The fourth-order valence-corrected chi connectivity index (χ4v) is 2.07. The first kappa shape index (κ1) is 14.1. The van der Waals surface area contributed by atoms with Crippen LogP contribution in [-0.4, -0.2) is 41.5 Å². The molecule has 0 saturated carbocycles. The smallest absolute Gasteiger partial charge is 0.244 e. The van der Waals surface area contributed by atoms with Crippen LogP contribution in [0, 0.1) is 11.8 Å². The third-order valence-corrected chi connectivity index (χ3v) is 3.01. The van der Waals surface area contributed by atoms with E-state index in [-0.39, 0.29) is 25.0 Å². The molecule has 0 atom stereocenters. The molecule has 1 heterocycles. The zero-order valence-electron chi connectivity index (χ0n) is 11.1. The number of anilines is 1. The molecule has 2 rings (SSSR count). The van der Waals surface area contributed by atoms with E-state index in [1.165, 1.54) is 0 Å². The lowest BCUT2D eigenvalue weighted by atomic mass is 10.2. The van der Waals surface area contributed by atoms with Crippen molar-refractivity contribution in [2.75, 3.05) is 25.0 Å². The maximum Gasteiger partial charge on any atom is 0.244 e. The van der Waals surface area contributed by atoms with Gasteiger partial charge in [0.2, 0.25) is 11.8 Å². The molecule has 0 bridgehead atoms. The molecule has 1 aliphatic heterocycles. The number of hydrogen-bond acceptors (Lipinski definition) is 3. The van der Waals surface area contributed by atoms with Crippen LogP contribution in [0.25, 0.3) is 0 Å². The predicted octanol–water partition coefficient (Wildman–Crippen LogP) is 0.591. The summed E-state index contributed by atoms with van der Waals surface area (Å²) in [5.74, 6) is 5.11. The van der Waals surface area contributed by atoms with Crippen LogP contribution in [0.2, 0.25) is 0 Å². The van der Waals surface area contributed by atoms with E-state index in [9.17, 15) is 9.59 Å². The fraction of sp³-hybridized carbons (Fsp3) is 0.333. The minimum atomic E-state index is -0.238. The quantitative estimate of drug-likeness (QED) is 0.791. The fourth-order valence-electron chi connectivity index (χ4n) is 2.07. The molecule has 5 nitrogen and oxygen atoms in total. The van der Waals surface area contributed by atoms with Crippen LogP contribution < -0.4 is 5.32 Å². The highest BCUT2D eigenvalue weighted by molar-refractivity contribution is 5.95. The van der Waals surface area contributed by atoms with E-state index in [2.05, 4.69) is 17.2 Å². The van der Waals surface area contributed by atoms with Crippen LogP contribution >= 0.6 is 0 Å². The first-order valence-corrected chi connectivity index (χ1v) is 6.47. The number of aliphatic hydroxyl groups is 1. The van der Waals surface area contributed by atoms with Crippen molar-refractivity contribution in [2.24, 2.45) is 0 Å². The van der Waals surface area contributed by atoms with Crippen LogP contribution in [0.5, 0.6) is 0 Å². The highest BCUT2D eigenvalue weighted by atomic mass is 16.2. The maximum absolute atomic E-state index is 11.9. The number of para-hydroxylation sites is 1. The standard InChI is InChI=1S/C15H16N2O3/c18-10-4-6-12-5-1-2-7-13(12)16-14(19)11-17-9-3-8-15(17)20/h1-2,5,7,18H,3,8-11H2,(H,16,19). The summed E-state index contributed by atoms with van der Waals surface area (Å²) in [6, 6.07) is 7.10. The summed E-state index contributed by atoms with van der Waals surface area (Å²) in [7, 11) is 0. The molecule has 0 aliphatic carbocycles. The highest BCUT2D eigenvalue weighted by Crippen LogP contribution is 2.14. The summed E-state index contributed by atoms with van der Waals surface area (Å²) in [4.78, 5) is 25.0. The van der Waals surface area contributed by atoms with Crippen molar-refractivity contribution in [3.63, 3.8) is 0 Å². The zero-order valence-corrected chi connectivity index (χ0v) is 11.1. The molecule has 1 aromatic carbocycles. The van der Waals surface area contributed by atoms with Crippen molar-refractivity contribution in [2.45, 2.75) is 12.8 Å². The Hall–Kier alpha value is -2.32. The summed E-state index contributed by atoms with van der Waals surface area (Å²) in [5.41, 5.74) is 1.23. The van der Waals surface area contributed by atoms with E-state index in [4.69, 9.17) is 5.11 Å². The molecule has 20 heavy (non-hydrogen) atoms. The second-order valence-electron chi connectivity index (χ2n) is 4.47. The SMILES string of the molecule is O=C(CN1CCCC1=O)Nc1ccccc1C#CCO. The lowest BCUT2D eigenvalue weighted by molar-refractivity contribution is -0.131. The van der Waals surface area contributed by atoms with Crippen LogP contribution in [0.15, 0.2) is 24.3 Å². The molecule has 1 saturated heterocycles. The van der Waals surface area contributed by atoms with Gasteiger partial charge in [-0.3, -0.25) is 9.59 Å². The molecule has 2 N–H and O–H groups in total. The van der Waals surface area contributed by atoms with Crippen molar-refractivity contribution >= 4 is 17.5 Å². The Labute approximate surface area is 117 Å². The number of hydrogen-bond donors (Lipinski definition) is 2. The lowest BCUT2D eigenvalue weighted by Crippen LogP contribution is -2.34. The molecule has 0 unspecified atom stereocenters. The number of carbonyl (C=O) groups excluding carboxylic acids is 2. The summed E-state index contributed by atoms with van der Waals surface area (Å²) in [6.07, 6.45) is 1.33. The number of likely N-dealkylation sites (tertiary alicyclic amines) is 1. The van der Waals surface area contributed by atoms with Gasteiger partial charge in [-0.05, 0) is 18.6 Å². The third-order valence-electron chi connectivity index (χ3n) is 3.01. The molecule has 1 aliphatic rings. The molecule has 0 aromatic heterocycles. The Morgan fingerprint density at radius 2 is 2.20 bits per heavy atom. The molecule has 2 amide bonds. The molecule has 1 fully saturated rings. The van der Waals surface area contributed by atoms with Gasteiger partial charge in [-0.15, -0.1) is 0 Å². The van der Waals surface area contributed by atoms with Crippen LogP contribution in [0.1, 0.15) is 18.4 Å². The lowest BCUT2D eigenvalue weighted by Gasteiger charge is -2.15. The van der Waals surface area contributed by atoms with Gasteiger partial charge in [0.15, 0.2) is 0 Å². The van der Waals surface area contributed by atoms with E-state index in [1.807, 2.05) is 0 Å². The normalized spacial score (nSPS) is 13.8. The highest BCUT2D eigenvalue weighted by Gasteiger charge is 2.22. The van der Waals surface area contributed by atoms with E-state index in [1.54, 1.807) is 29.2 Å². The maximum atomic E-state index is 11.9. The molecule has 5 heteroatoms. The van der Waals surface area contributed by atoms with Crippen LogP contribution in [0.4, 0.5) is 5.69 Å². The summed E-state index contributed by atoms with van der Waals surface area (Å²) < 4.78 is 0. The molecule has 1 aromatic rings. The Morgan fingerprint density at radius 1 is 1.40 bits per heavy atom. The number of nitrogens with one attached hydrogen (secondary N) is 1. The molecule has 0 radical (unpaired) electrons. The average molecular weight is 272 g/mol. The monoisotopic (exact) mass is 272 g/mol. The van der Waals surface area contributed by atoms with Gasteiger partial charge in [-0.25, -0.2) is 0 Å². The first-order valence-electron chi connectivity index (χ1n) is 6.47. The van der Waals surface area contributed by atoms with Gasteiger partial charge in [0.25, 0.3) is 0 Å². The predicted molar refractivity (Wildman–Crippen MR) is 74.8 cm³/mol. The van der Waals surface area contributed by atoms with Crippen molar-refractivity contribution in [1.82, 2.24) is 4.90 Å². The number of carbonyl (C=O) groups is 2. The summed E-state index contributed by atoms with van der Waals surface area (Å²) >= 11 is 0. The third kappa shape index (κ3) is 3.59. The van der Waals surface area contributed by atoms with E-state index in [0.717, 1.165) is 6.42 Å². The molecule has 104 valence electrons. The van der Waals surface area contributed by atoms with Gasteiger partial charge in [-0.2, -0.15) is 0 Å². The Morgan fingerprint density at radius 3 is 2.90 bits per heavy atom. The van der Waals surface area contributed by atoms with Crippen molar-refractivity contribution < 1.29 is 14.7 Å². The Kier molecular flexibility index (Phi) is 4.75. The topological polar surface area (TPSA) is 69.6 Å². The Balaban J connectivity index is 2.02. The minimum Gasteiger partial charge on any atom is -0.384 e. The second-order valence-corrected chi connectivity index (χ2v) is 4.47. The summed E-state index contributed by atoms with van der Waals surface area (Å²) in [6.45, 7) is 0.476. The number of aliphatic hydroxyl groups excluding tert-OH is 1. The zero-order chi connectivity index (χ0) is 14.4. The van der Waals surface area contributed by atoms with Gasteiger partial charge >= 0.3 is 0 Å². The number of nitrogens with zero attached hydrogens (tertiary/aromatic N) is 1. The largest absolute Gasteiger partial charge is 0.384 e. The van der Waals surface area contributed by atoms with E-state index >= 15 is 0 Å². The number of benzene rings is 1. The van der Waals surface area contributed by atoms with Gasteiger partial charge in [0, 0.05) is 18.5 Å². The summed E-state index contributed by atoms with van der Waals surface area (Å²) in [5, 5.41) is 11.5. The van der Waals surface area contributed by atoms with Crippen molar-refractivity contribution in [1.29, 1.82) is 0 Å².